The number of hydrogen-bond acceptors (Lipinski definition) is 3. The second-order valence-electron chi connectivity index (χ2n) is 3.40. The molecule has 16 heavy (non-hydrogen) atoms. The van der Waals surface area contributed by atoms with E-state index in [9.17, 15) is 4.79 Å². The second kappa shape index (κ2) is 6.12. The number of rotatable bonds is 4. The molecule has 0 saturated carbocycles. The fraction of sp³-hybridized carbons (Fsp3) is 0.417. The molecule has 4 heteroatoms. The Morgan fingerprint density at radius 2 is 2.00 bits per heavy atom. The molecule has 0 radical (unpaired) electrons. The SMILES string of the molecule is CCOC(=O)N(C)c1ccc(CCO)cc1. The Bertz CT molecular complexity index is 335. The summed E-state index contributed by atoms with van der Waals surface area (Å²) in [5, 5.41) is 8.77. The van der Waals surface area contributed by atoms with E-state index in [2.05, 4.69) is 0 Å². The number of carbonyl (C=O) groups excluding carboxylic acids is 1. The van der Waals surface area contributed by atoms with E-state index in [-0.39, 0.29) is 12.7 Å². The van der Waals surface area contributed by atoms with Gasteiger partial charge in [0.05, 0.1) is 6.61 Å². The summed E-state index contributed by atoms with van der Waals surface area (Å²) >= 11 is 0. The van der Waals surface area contributed by atoms with Gasteiger partial charge in [-0.2, -0.15) is 0 Å². The van der Waals surface area contributed by atoms with Crippen LogP contribution in [0, 0.1) is 0 Å². The molecule has 1 N–H and O–H groups in total. The lowest BCUT2D eigenvalue weighted by atomic mass is 10.1. The van der Waals surface area contributed by atoms with Gasteiger partial charge < -0.3 is 9.84 Å². The van der Waals surface area contributed by atoms with E-state index in [0.717, 1.165) is 11.3 Å². The smallest absolute Gasteiger partial charge is 0.413 e. The van der Waals surface area contributed by atoms with Crippen LogP contribution in [0.2, 0.25) is 0 Å². The molecule has 4 nitrogen and oxygen atoms in total. The van der Waals surface area contributed by atoms with Crippen LogP contribution < -0.4 is 4.90 Å². The van der Waals surface area contributed by atoms with Crippen LogP contribution in [0.1, 0.15) is 12.5 Å². The van der Waals surface area contributed by atoms with Crippen molar-refractivity contribution in [1.29, 1.82) is 0 Å². The molecular weight excluding hydrogens is 206 g/mol. The fourth-order valence-corrected chi connectivity index (χ4v) is 1.34. The molecule has 0 aromatic heterocycles. The van der Waals surface area contributed by atoms with E-state index in [1.165, 1.54) is 4.90 Å². The van der Waals surface area contributed by atoms with Crippen molar-refractivity contribution in [2.24, 2.45) is 0 Å². The predicted molar refractivity (Wildman–Crippen MR) is 62.7 cm³/mol. The van der Waals surface area contributed by atoms with Crippen LogP contribution in [0.4, 0.5) is 10.5 Å². The highest BCUT2D eigenvalue weighted by Gasteiger charge is 2.10. The molecule has 0 unspecified atom stereocenters. The number of aliphatic hydroxyl groups excluding tert-OH is 1. The largest absolute Gasteiger partial charge is 0.449 e. The summed E-state index contributed by atoms with van der Waals surface area (Å²) in [4.78, 5) is 12.9. The zero-order chi connectivity index (χ0) is 12.0. The Balaban J connectivity index is 2.69. The predicted octanol–water partition coefficient (Wildman–Crippen LogP) is 1.81. The molecule has 1 aromatic carbocycles. The number of hydrogen-bond donors (Lipinski definition) is 1. The van der Waals surface area contributed by atoms with Crippen molar-refractivity contribution in [2.45, 2.75) is 13.3 Å². The zero-order valence-electron chi connectivity index (χ0n) is 9.64. The third kappa shape index (κ3) is 3.24. The first-order chi connectivity index (χ1) is 7.69. The minimum Gasteiger partial charge on any atom is -0.449 e. The highest BCUT2D eigenvalue weighted by atomic mass is 16.6. The molecule has 0 aliphatic rings. The Hall–Kier alpha value is -1.55. The van der Waals surface area contributed by atoms with Gasteiger partial charge in [-0.15, -0.1) is 0 Å². The maximum Gasteiger partial charge on any atom is 0.413 e. The monoisotopic (exact) mass is 223 g/mol. The Labute approximate surface area is 95.5 Å². The summed E-state index contributed by atoms with van der Waals surface area (Å²) in [7, 11) is 1.67. The fourth-order valence-electron chi connectivity index (χ4n) is 1.34. The molecule has 0 atom stereocenters. The van der Waals surface area contributed by atoms with Crippen molar-refractivity contribution in [3.8, 4) is 0 Å². The number of nitrogens with zero attached hydrogens (tertiary/aromatic N) is 1. The minimum absolute atomic E-state index is 0.132. The van der Waals surface area contributed by atoms with Crippen LogP contribution in [0.15, 0.2) is 24.3 Å². The van der Waals surface area contributed by atoms with E-state index in [4.69, 9.17) is 9.84 Å². The maximum absolute atomic E-state index is 11.4. The van der Waals surface area contributed by atoms with Gasteiger partial charge in [0.2, 0.25) is 0 Å². The molecule has 1 aromatic rings. The summed E-state index contributed by atoms with van der Waals surface area (Å²) < 4.78 is 4.88. The average molecular weight is 223 g/mol. The first kappa shape index (κ1) is 12.5. The van der Waals surface area contributed by atoms with Crippen LogP contribution in [-0.2, 0) is 11.2 Å². The van der Waals surface area contributed by atoms with Gasteiger partial charge in [0.15, 0.2) is 0 Å². The molecule has 0 fully saturated rings. The first-order valence-corrected chi connectivity index (χ1v) is 5.29. The van der Waals surface area contributed by atoms with Crippen molar-refractivity contribution in [3.63, 3.8) is 0 Å². The minimum atomic E-state index is -0.364. The third-order valence-electron chi connectivity index (χ3n) is 2.27. The molecule has 0 heterocycles. The maximum atomic E-state index is 11.4. The van der Waals surface area contributed by atoms with Crippen LogP contribution in [0.3, 0.4) is 0 Å². The first-order valence-electron chi connectivity index (χ1n) is 5.29. The highest BCUT2D eigenvalue weighted by molar-refractivity contribution is 5.86. The topological polar surface area (TPSA) is 49.8 Å². The number of anilines is 1. The van der Waals surface area contributed by atoms with Crippen molar-refractivity contribution in [3.05, 3.63) is 29.8 Å². The zero-order valence-corrected chi connectivity index (χ0v) is 9.64. The normalized spacial score (nSPS) is 9.94. The molecule has 0 aliphatic carbocycles. The second-order valence-corrected chi connectivity index (χ2v) is 3.40. The lowest BCUT2D eigenvalue weighted by molar-refractivity contribution is 0.161. The summed E-state index contributed by atoms with van der Waals surface area (Å²) in [6, 6.07) is 7.45. The van der Waals surface area contributed by atoms with E-state index in [0.29, 0.717) is 13.0 Å². The van der Waals surface area contributed by atoms with E-state index >= 15 is 0 Å². The number of amides is 1. The average Bonchev–Trinajstić information content (AvgIpc) is 2.30. The van der Waals surface area contributed by atoms with Gasteiger partial charge in [-0.1, -0.05) is 12.1 Å². The van der Waals surface area contributed by atoms with Gasteiger partial charge in [0.25, 0.3) is 0 Å². The molecule has 0 spiro atoms. The molecule has 1 amide bonds. The number of aliphatic hydroxyl groups is 1. The standard InChI is InChI=1S/C12H17NO3/c1-3-16-12(15)13(2)11-6-4-10(5-7-11)8-9-14/h4-7,14H,3,8-9H2,1-2H3. The number of benzene rings is 1. The van der Waals surface area contributed by atoms with Crippen molar-refractivity contribution < 1.29 is 14.6 Å². The van der Waals surface area contributed by atoms with E-state index in [1.807, 2.05) is 24.3 Å². The van der Waals surface area contributed by atoms with Gasteiger partial charge in [-0.25, -0.2) is 4.79 Å². The summed E-state index contributed by atoms with van der Waals surface area (Å²) in [6.45, 7) is 2.27. The summed E-state index contributed by atoms with van der Waals surface area (Å²) in [5.41, 5.74) is 1.82. The van der Waals surface area contributed by atoms with Gasteiger partial charge in [0, 0.05) is 19.3 Å². The van der Waals surface area contributed by atoms with Crippen molar-refractivity contribution >= 4 is 11.8 Å². The molecule has 0 saturated heterocycles. The summed E-state index contributed by atoms with van der Waals surface area (Å²) in [6.07, 6.45) is 0.265. The van der Waals surface area contributed by atoms with Crippen molar-refractivity contribution in [1.82, 2.24) is 0 Å². The van der Waals surface area contributed by atoms with Crippen LogP contribution >= 0.6 is 0 Å². The number of ether oxygens (including phenoxy) is 1. The quantitative estimate of drug-likeness (QED) is 0.847. The van der Waals surface area contributed by atoms with Gasteiger partial charge in [0.1, 0.15) is 0 Å². The molecule has 88 valence electrons. The van der Waals surface area contributed by atoms with Crippen LogP contribution in [0.25, 0.3) is 0 Å². The van der Waals surface area contributed by atoms with Crippen LogP contribution in [0.5, 0.6) is 0 Å². The Morgan fingerprint density at radius 1 is 1.38 bits per heavy atom. The van der Waals surface area contributed by atoms with E-state index < -0.39 is 0 Å². The Morgan fingerprint density at radius 3 is 2.50 bits per heavy atom. The molecular formula is C12H17NO3. The molecule has 0 bridgehead atoms. The van der Waals surface area contributed by atoms with E-state index in [1.54, 1.807) is 14.0 Å². The van der Waals surface area contributed by atoms with Gasteiger partial charge in [-0.05, 0) is 31.0 Å². The highest BCUT2D eigenvalue weighted by Crippen LogP contribution is 2.14. The third-order valence-corrected chi connectivity index (χ3v) is 2.27. The van der Waals surface area contributed by atoms with Gasteiger partial charge >= 0.3 is 6.09 Å². The Kier molecular flexibility index (Phi) is 4.79. The van der Waals surface area contributed by atoms with Gasteiger partial charge in [-0.3, -0.25) is 4.90 Å². The molecule has 1 rings (SSSR count). The number of carbonyl (C=O) groups is 1. The molecule has 0 aliphatic heterocycles. The van der Waals surface area contributed by atoms with Crippen LogP contribution in [-0.4, -0.2) is 31.5 Å². The summed E-state index contributed by atoms with van der Waals surface area (Å²) in [5.74, 6) is 0. The lowest BCUT2D eigenvalue weighted by Gasteiger charge is -2.16. The lowest BCUT2D eigenvalue weighted by Crippen LogP contribution is -2.26. The van der Waals surface area contributed by atoms with Crippen molar-refractivity contribution in [2.75, 3.05) is 25.2 Å².